The number of nitrogens with one attached hydrogen (secondary N) is 1. The smallest absolute Gasteiger partial charge is 0.339 e. The van der Waals surface area contributed by atoms with E-state index in [1.165, 1.54) is 12.7 Å². The molecule has 0 unspecified atom stereocenters. The topological polar surface area (TPSA) is 62.4 Å². The second-order valence-electron chi connectivity index (χ2n) is 6.35. The SMILES string of the molecule is COC(=O)c1c(C)[nH]c(C(=O)CN2c3ccccc3C[C@@H]2C)c1C. The van der Waals surface area contributed by atoms with Crippen LogP contribution in [0.2, 0.25) is 0 Å². The summed E-state index contributed by atoms with van der Waals surface area (Å²) in [5.41, 5.74) is 4.65. The van der Waals surface area contributed by atoms with Crippen molar-refractivity contribution in [1.29, 1.82) is 0 Å². The van der Waals surface area contributed by atoms with Gasteiger partial charge in [-0.25, -0.2) is 4.79 Å². The molecule has 126 valence electrons. The highest BCUT2D eigenvalue weighted by Gasteiger charge is 2.29. The van der Waals surface area contributed by atoms with Gasteiger partial charge in [0.05, 0.1) is 24.9 Å². The second kappa shape index (κ2) is 6.15. The van der Waals surface area contributed by atoms with Crippen molar-refractivity contribution in [2.24, 2.45) is 0 Å². The van der Waals surface area contributed by atoms with Gasteiger partial charge < -0.3 is 14.6 Å². The van der Waals surface area contributed by atoms with Gasteiger partial charge in [0.15, 0.2) is 5.78 Å². The normalized spacial score (nSPS) is 16.2. The molecule has 1 aliphatic heterocycles. The summed E-state index contributed by atoms with van der Waals surface area (Å²) in [6, 6.07) is 8.46. The van der Waals surface area contributed by atoms with Crippen molar-refractivity contribution >= 4 is 17.4 Å². The van der Waals surface area contributed by atoms with E-state index in [9.17, 15) is 9.59 Å². The first-order valence-electron chi connectivity index (χ1n) is 8.09. The van der Waals surface area contributed by atoms with E-state index in [0.29, 0.717) is 29.1 Å². The molecule has 0 bridgehead atoms. The van der Waals surface area contributed by atoms with E-state index in [1.54, 1.807) is 13.8 Å². The van der Waals surface area contributed by atoms with Gasteiger partial charge in [-0.2, -0.15) is 0 Å². The van der Waals surface area contributed by atoms with Crippen LogP contribution in [0.15, 0.2) is 24.3 Å². The molecule has 2 heterocycles. The molecule has 0 spiro atoms. The number of aromatic nitrogens is 1. The summed E-state index contributed by atoms with van der Waals surface area (Å²) >= 11 is 0. The van der Waals surface area contributed by atoms with E-state index in [2.05, 4.69) is 28.9 Å². The van der Waals surface area contributed by atoms with Crippen LogP contribution >= 0.6 is 0 Å². The number of anilines is 1. The number of aryl methyl sites for hydroxylation is 1. The van der Waals surface area contributed by atoms with E-state index < -0.39 is 5.97 Å². The molecule has 2 aromatic rings. The molecule has 1 aromatic heterocycles. The Hall–Kier alpha value is -2.56. The van der Waals surface area contributed by atoms with Gasteiger partial charge in [0.2, 0.25) is 0 Å². The molecule has 3 rings (SSSR count). The summed E-state index contributed by atoms with van der Waals surface area (Å²) < 4.78 is 4.81. The summed E-state index contributed by atoms with van der Waals surface area (Å²) in [4.78, 5) is 29.9. The number of fused-ring (bicyclic) bond motifs is 1. The Morgan fingerprint density at radius 3 is 2.71 bits per heavy atom. The number of para-hydroxylation sites is 1. The van der Waals surface area contributed by atoms with Gasteiger partial charge in [-0.1, -0.05) is 18.2 Å². The molecular formula is C19H22N2O3. The predicted octanol–water partition coefficient (Wildman–Crippen LogP) is 3.05. The number of hydrogen-bond donors (Lipinski definition) is 1. The van der Waals surface area contributed by atoms with E-state index in [0.717, 1.165) is 12.1 Å². The standard InChI is InChI=1S/C19H22N2O3/c1-11-9-14-7-5-6-8-15(14)21(11)10-16(22)18-12(2)17(13(3)20-18)19(23)24-4/h5-8,11,20H,9-10H2,1-4H3/t11-/m0/s1. The lowest BCUT2D eigenvalue weighted by Crippen LogP contribution is -2.34. The average molecular weight is 326 g/mol. The molecule has 5 heteroatoms. The molecule has 0 radical (unpaired) electrons. The Morgan fingerprint density at radius 2 is 2.00 bits per heavy atom. The number of H-pyrrole nitrogens is 1. The zero-order valence-electron chi connectivity index (χ0n) is 14.5. The lowest BCUT2D eigenvalue weighted by molar-refractivity contribution is 0.0599. The largest absolute Gasteiger partial charge is 0.465 e. The summed E-state index contributed by atoms with van der Waals surface area (Å²) in [5, 5.41) is 0. The number of rotatable bonds is 4. The highest BCUT2D eigenvalue weighted by molar-refractivity contribution is 6.03. The molecule has 24 heavy (non-hydrogen) atoms. The van der Waals surface area contributed by atoms with Gasteiger partial charge in [-0.15, -0.1) is 0 Å². The van der Waals surface area contributed by atoms with E-state index in [1.807, 2.05) is 12.1 Å². The van der Waals surface area contributed by atoms with E-state index in [4.69, 9.17) is 4.74 Å². The lowest BCUT2D eigenvalue weighted by atomic mass is 10.1. The summed E-state index contributed by atoms with van der Waals surface area (Å²) in [6.45, 7) is 5.98. The van der Waals surface area contributed by atoms with Crippen LogP contribution in [-0.4, -0.2) is 36.4 Å². The number of methoxy groups -OCH3 is 1. The zero-order chi connectivity index (χ0) is 17.4. The quantitative estimate of drug-likeness (QED) is 0.693. The van der Waals surface area contributed by atoms with E-state index in [-0.39, 0.29) is 11.8 Å². The van der Waals surface area contributed by atoms with Crippen LogP contribution < -0.4 is 4.90 Å². The van der Waals surface area contributed by atoms with Crippen molar-refractivity contribution in [1.82, 2.24) is 4.98 Å². The number of ether oxygens (including phenoxy) is 1. The number of hydrogen-bond acceptors (Lipinski definition) is 4. The van der Waals surface area contributed by atoms with Crippen molar-refractivity contribution < 1.29 is 14.3 Å². The van der Waals surface area contributed by atoms with E-state index >= 15 is 0 Å². The lowest BCUT2D eigenvalue weighted by Gasteiger charge is -2.24. The molecule has 0 saturated carbocycles. The third kappa shape index (κ3) is 2.60. The Morgan fingerprint density at radius 1 is 1.29 bits per heavy atom. The minimum atomic E-state index is -0.416. The average Bonchev–Trinajstić information content (AvgIpc) is 3.03. The first kappa shape index (κ1) is 16.3. The van der Waals surface area contributed by atoms with Crippen LogP contribution in [0.1, 0.15) is 44.6 Å². The van der Waals surface area contributed by atoms with Crippen molar-refractivity contribution in [2.75, 3.05) is 18.6 Å². The predicted molar refractivity (Wildman–Crippen MR) is 92.9 cm³/mol. The number of nitrogens with zero attached hydrogens (tertiary/aromatic N) is 1. The third-order valence-electron chi connectivity index (χ3n) is 4.77. The number of esters is 1. The molecule has 0 amide bonds. The zero-order valence-corrected chi connectivity index (χ0v) is 14.5. The van der Waals surface area contributed by atoms with Crippen molar-refractivity contribution in [3.05, 3.63) is 52.3 Å². The number of carbonyl (C=O) groups is 2. The fourth-order valence-electron chi connectivity index (χ4n) is 3.54. The maximum absolute atomic E-state index is 12.8. The number of Topliss-reactive ketones (excluding diaryl/α,β-unsaturated/α-hetero) is 1. The van der Waals surface area contributed by atoms with Gasteiger partial charge in [0.1, 0.15) is 0 Å². The second-order valence-corrected chi connectivity index (χ2v) is 6.35. The van der Waals surface area contributed by atoms with Gasteiger partial charge in [0, 0.05) is 17.4 Å². The number of benzene rings is 1. The van der Waals surface area contributed by atoms with Crippen LogP contribution in [0.3, 0.4) is 0 Å². The first-order valence-corrected chi connectivity index (χ1v) is 8.09. The summed E-state index contributed by atoms with van der Waals surface area (Å²) in [7, 11) is 1.35. The number of carbonyl (C=O) groups excluding carboxylic acids is 2. The first-order chi connectivity index (χ1) is 11.4. The van der Waals surface area contributed by atoms with Gasteiger partial charge in [0.25, 0.3) is 0 Å². The molecule has 0 fully saturated rings. The minimum Gasteiger partial charge on any atom is -0.465 e. The van der Waals surface area contributed by atoms with Crippen molar-refractivity contribution in [2.45, 2.75) is 33.2 Å². The molecular weight excluding hydrogens is 304 g/mol. The van der Waals surface area contributed by atoms with Crippen LogP contribution in [0.5, 0.6) is 0 Å². The van der Waals surface area contributed by atoms with Gasteiger partial charge >= 0.3 is 5.97 Å². The monoisotopic (exact) mass is 326 g/mol. The van der Waals surface area contributed by atoms with Crippen LogP contribution in [0, 0.1) is 13.8 Å². The van der Waals surface area contributed by atoms with Crippen molar-refractivity contribution in [3.8, 4) is 0 Å². The number of ketones is 1. The maximum Gasteiger partial charge on any atom is 0.339 e. The molecule has 5 nitrogen and oxygen atoms in total. The highest BCUT2D eigenvalue weighted by atomic mass is 16.5. The van der Waals surface area contributed by atoms with Gasteiger partial charge in [-0.3, -0.25) is 4.79 Å². The molecule has 0 saturated heterocycles. The Bertz CT molecular complexity index is 807. The molecule has 1 aliphatic rings. The maximum atomic E-state index is 12.8. The fourth-order valence-corrected chi connectivity index (χ4v) is 3.54. The van der Waals surface area contributed by atoms with Crippen molar-refractivity contribution in [3.63, 3.8) is 0 Å². The third-order valence-corrected chi connectivity index (χ3v) is 4.77. The Kier molecular flexibility index (Phi) is 4.18. The fraction of sp³-hybridized carbons (Fsp3) is 0.368. The molecule has 1 N–H and O–H groups in total. The van der Waals surface area contributed by atoms with Gasteiger partial charge in [-0.05, 0) is 44.4 Å². The Balaban J connectivity index is 1.88. The summed E-state index contributed by atoms with van der Waals surface area (Å²) in [6.07, 6.45) is 0.944. The van der Waals surface area contributed by atoms with Crippen LogP contribution in [0.25, 0.3) is 0 Å². The minimum absolute atomic E-state index is 0.0192. The highest BCUT2D eigenvalue weighted by Crippen LogP contribution is 2.32. The Labute approximate surface area is 141 Å². The van der Waals surface area contributed by atoms with Crippen LogP contribution in [-0.2, 0) is 11.2 Å². The van der Waals surface area contributed by atoms with Crippen LogP contribution in [0.4, 0.5) is 5.69 Å². The molecule has 1 atom stereocenters. The number of aromatic amines is 1. The molecule has 1 aromatic carbocycles. The molecule has 0 aliphatic carbocycles. The summed E-state index contributed by atoms with van der Waals surface area (Å²) in [5.74, 6) is -0.436.